The summed E-state index contributed by atoms with van der Waals surface area (Å²) in [5.41, 5.74) is 2.77. The Bertz CT molecular complexity index is 872. The van der Waals surface area contributed by atoms with Gasteiger partial charge in [-0.3, -0.25) is 9.89 Å². The average molecular weight is 309 g/mol. The van der Waals surface area contributed by atoms with Crippen molar-refractivity contribution in [2.24, 2.45) is 0 Å². The van der Waals surface area contributed by atoms with Crippen molar-refractivity contribution >= 4 is 22.5 Å². The monoisotopic (exact) mass is 309 g/mol. The van der Waals surface area contributed by atoms with E-state index in [4.69, 9.17) is 9.47 Å². The third-order valence-electron chi connectivity index (χ3n) is 3.80. The number of rotatable bonds is 4. The lowest BCUT2D eigenvalue weighted by Gasteiger charge is -2.06. The van der Waals surface area contributed by atoms with Gasteiger partial charge in [0.15, 0.2) is 11.5 Å². The molecule has 2 heterocycles. The van der Waals surface area contributed by atoms with Crippen molar-refractivity contribution in [1.82, 2.24) is 10.2 Å². The van der Waals surface area contributed by atoms with Crippen molar-refractivity contribution in [3.63, 3.8) is 0 Å². The number of nitrogens with one attached hydrogen (secondary N) is 2. The van der Waals surface area contributed by atoms with Crippen molar-refractivity contribution in [3.05, 3.63) is 48.2 Å². The van der Waals surface area contributed by atoms with Gasteiger partial charge in [0.25, 0.3) is 0 Å². The highest BCUT2D eigenvalue weighted by molar-refractivity contribution is 5.93. The van der Waals surface area contributed by atoms with Gasteiger partial charge in [-0.15, -0.1) is 0 Å². The number of aryl methyl sites for hydroxylation is 1. The van der Waals surface area contributed by atoms with E-state index in [0.717, 1.165) is 33.7 Å². The van der Waals surface area contributed by atoms with Crippen LogP contribution in [0, 0.1) is 0 Å². The number of carbonyl (C=O) groups excluding carboxylic acids is 1. The Kier molecular flexibility index (Phi) is 3.34. The Labute approximate surface area is 132 Å². The molecule has 1 aliphatic rings. The highest BCUT2D eigenvalue weighted by Gasteiger charge is 2.13. The molecular formula is C17H15N3O3. The molecule has 2 aromatic carbocycles. The van der Waals surface area contributed by atoms with E-state index >= 15 is 0 Å². The van der Waals surface area contributed by atoms with Crippen LogP contribution in [0.3, 0.4) is 0 Å². The van der Waals surface area contributed by atoms with E-state index in [1.807, 2.05) is 36.4 Å². The first kappa shape index (κ1) is 13.6. The van der Waals surface area contributed by atoms with Gasteiger partial charge < -0.3 is 14.8 Å². The average Bonchev–Trinajstić information content (AvgIpc) is 3.20. The first-order valence-corrected chi connectivity index (χ1v) is 7.39. The second-order valence-electron chi connectivity index (χ2n) is 5.41. The Morgan fingerprint density at radius 3 is 3.04 bits per heavy atom. The minimum absolute atomic E-state index is 0.0227. The zero-order valence-corrected chi connectivity index (χ0v) is 12.3. The quantitative estimate of drug-likeness (QED) is 0.777. The van der Waals surface area contributed by atoms with E-state index in [9.17, 15) is 4.79 Å². The summed E-state index contributed by atoms with van der Waals surface area (Å²) in [6, 6.07) is 11.4. The van der Waals surface area contributed by atoms with Gasteiger partial charge >= 0.3 is 0 Å². The normalized spacial score (nSPS) is 12.5. The van der Waals surface area contributed by atoms with Crippen molar-refractivity contribution in [3.8, 4) is 11.5 Å². The van der Waals surface area contributed by atoms with Crippen molar-refractivity contribution < 1.29 is 14.3 Å². The van der Waals surface area contributed by atoms with Crippen LogP contribution < -0.4 is 14.8 Å². The molecule has 0 radical (unpaired) electrons. The van der Waals surface area contributed by atoms with Gasteiger partial charge in [0, 0.05) is 17.5 Å². The maximum absolute atomic E-state index is 12.1. The molecule has 0 saturated heterocycles. The van der Waals surface area contributed by atoms with E-state index in [1.165, 1.54) is 0 Å². The number of H-pyrrole nitrogens is 1. The largest absolute Gasteiger partial charge is 0.454 e. The van der Waals surface area contributed by atoms with Crippen LogP contribution in [0.4, 0.5) is 5.69 Å². The van der Waals surface area contributed by atoms with Crippen molar-refractivity contribution in [1.29, 1.82) is 0 Å². The number of carbonyl (C=O) groups is 1. The summed E-state index contributed by atoms with van der Waals surface area (Å²) in [7, 11) is 0. The first-order chi connectivity index (χ1) is 11.3. The molecule has 3 aromatic rings. The molecule has 0 aliphatic carbocycles. The molecule has 6 nitrogen and oxygen atoms in total. The van der Waals surface area contributed by atoms with Crippen LogP contribution in [0.15, 0.2) is 42.6 Å². The van der Waals surface area contributed by atoms with Gasteiger partial charge in [0.05, 0.1) is 11.7 Å². The fourth-order valence-electron chi connectivity index (χ4n) is 2.60. The minimum atomic E-state index is -0.0227. The van der Waals surface area contributed by atoms with Crippen LogP contribution in [0.2, 0.25) is 0 Å². The molecule has 0 bridgehead atoms. The third-order valence-corrected chi connectivity index (χ3v) is 3.80. The molecule has 0 saturated carbocycles. The summed E-state index contributed by atoms with van der Waals surface area (Å²) in [6.07, 6.45) is 2.79. The lowest BCUT2D eigenvalue weighted by atomic mass is 10.1. The fraction of sp³-hybridized carbons (Fsp3) is 0.176. The number of ether oxygens (including phenoxy) is 2. The van der Waals surface area contributed by atoms with Crippen molar-refractivity contribution in [2.75, 3.05) is 12.1 Å². The van der Waals surface area contributed by atoms with Crippen LogP contribution in [0.1, 0.15) is 12.0 Å². The van der Waals surface area contributed by atoms with E-state index in [-0.39, 0.29) is 12.7 Å². The van der Waals surface area contributed by atoms with Crippen LogP contribution in [0.25, 0.3) is 10.9 Å². The predicted molar refractivity (Wildman–Crippen MR) is 85.6 cm³/mol. The molecule has 0 fully saturated rings. The highest BCUT2D eigenvalue weighted by atomic mass is 16.7. The molecule has 23 heavy (non-hydrogen) atoms. The third kappa shape index (κ3) is 2.83. The standard InChI is InChI=1S/C17H15N3O3/c21-17(19-13-3-4-14-12(8-13)9-18-20-14)6-2-11-1-5-15-16(7-11)23-10-22-15/h1,3-5,7-9H,2,6,10H2,(H,18,20)(H,19,21). The number of aromatic nitrogens is 2. The number of hydrogen-bond acceptors (Lipinski definition) is 4. The molecule has 2 N–H and O–H groups in total. The number of anilines is 1. The summed E-state index contributed by atoms with van der Waals surface area (Å²) < 4.78 is 10.6. The predicted octanol–water partition coefficient (Wildman–Crippen LogP) is 2.86. The minimum Gasteiger partial charge on any atom is -0.454 e. The summed E-state index contributed by atoms with van der Waals surface area (Å²) in [4.78, 5) is 12.1. The smallest absolute Gasteiger partial charge is 0.231 e. The topological polar surface area (TPSA) is 76.2 Å². The summed E-state index contributed by atoms with van der Waals surface area (Å²) in [5, 5.41) is 10.7. The van der Waals surface area contributed by atoms with E-state index < -0.39 is 0 Å². The molecule has 0 atom stereocenters. The van der Waals surface area contributed by atoms with Gasteiger partial charge in [-0.05, 0) is 42.3 Å². The Morgan fingerprint density at radius 1 is 1.17 bits per heavy atom. The Balaban J connectivity index is 1.38. The lowest BCUT2D eigenvalue weighted by molar-refractivity contribution is -0.116. The molecular weight excluding hydrogens is 294 g/mol. The maximum atomic E-state index is 12.1. The van der Waals surface area contributed by atoms with Crippen LogP contribution in [-0.4, -0.2) is 22.9 Å². The second-order valence-corrected chi connectivity index (χ2v) is 5.41. The van der Waals surface area contributed by atoms with Crippen LogP contribution in [0.5, 0.6) is 11.5 Å². The molecule has 0 spiro atoms. The Morgan fingerprint density at radius 2 is 2.09 bits per heavy atom. The molecule has 116 valence electrons. The van der Waals surface area contributed by atoms with E-state index in [1.54, 1.807) is 6.20 Å². The van der Waals surface area contributed by atoms with Gasteiger partial charge in [-0.1, -0.05) is 6.07 Å². The summed E-state index contributed by atoms with van der Waals surface area (Å²) in [6.45, 7) is 0.260. The number of fused-ring (bicyclic) bond motifs is 2. The highest BCUT2D eigenvalue weighted by Crippen LogP contribution is 2.32. The van der Waals surface area contributed by atoms with Crippen LogP contribution in [-0.2, 0) is 11.2 Å². The first-order valence-electron chi connectivity index (χ1n) is 7.39. The molecule has 1 aliphatic heterocycles. The fourth-order valence-corrected chi connectivity index (χ4v) is 2.60. The number of nitrogens with zero attached hydrogens (tertiary/aromatic N) is 1. The molecule has 0 unspecified atom stereocenters. The molecule has 1 aromatic heterocycles. The summed E-state index contributed by atoms with van der Waals surface area (Å²) >= 11 is 0. The Hall–Kier alpha value is -3.02. The number of aromatic amines is 1. The molecule has 6 heteroatoms. The second kappa shape index (κ2) is 5.64. The number of hydrogen-bond donors (Lipinski definition) is 2. The SMILES string of the molecule is O=C(CCc1ccc2c(c1)OCO2)Nc1ccc2[nH]ncc2c1. The molecule has 1 amide bonds. The number of amides is 1. The van der Waals surface area contributed by atoms with Gasteiger partial charge in [-0.2, -0.15) is 5.10 Å². The van der Waals surface area contributed by atoms with Crippen LogP contribution >= 0.6 is 0 Å². The summed E-state index contributed by atoms with van der Waals surface area (Å²) in [5.74, 6) is 1.48. The van der Waals surface area contributed by atoms with Gasteiger partial charge in [0.2, 0.25) is 12.7 Å². The molecule has 4 rings (SSSR count). The maximum Gasteiger partial charge on any atom is 0.231 e. The van der Waals surface area contributed by atoms with Gasteiger partial charge in [0.1, 0.15) is 0 Å². The van der Waals surface area contributed by atoms with E-state index in [0.29, 0.717) is 12.8 Å². The number of benzene rings is 2. The van der Waals surface area contributed by atoms with Crippen molar-refractivity contribution in [2.45, 2.75) is 12.8 Å². The van der Waals surface area contributed by atoms with Gasteiger partial charge in [-0.25, -0.2) is 0 Å². The zero-order chi connectivity index (χ0) is 15.6. The van der Waals surface area contributed by atoms with E-state index in [2.05, 4.69) is 15.5 Å². The zero-order valence-electron chi connectivity index (χ0n) is 12.3. The lowest BCUT2D eigenvalue weighted by Crippen LogP contribution is -2.12.